The van der Waals surface area contributed by atoms with E-state index in [9.17, 15) is 19.1 Å². The van der Waals surface area contributed by atoms with E-state index in [1.165, 1.54) is 42.5 Å². The molecule has 0 fully saturated rings. The van der Waals surface area contributed by atoms with Crippen molar-refractivity contribution in [2.45, 2.75) is 6.10 Å². The first kappa shape index (κ1) is 17.4. The Bertz CT molecular complexity index is 719. The Labute approximate surface area is 138 Å². The molecule has 0 saturated heterocycles. The number of hydrogen-bond acceptors (Lipinski definition) is 4. The molecule has 6 nitrogen and oxygen atoms in total. The molecular weight excluding hydrogens is 315 g/mol. The van der Waals surface area contributed by atoms with E-state index in [0.29, 0.717) is 16.9 Å². The number of primary amides is 1. The Morgan fingerprint density at radius 3 is 2.54 bits per heavy atom. The zero-order chi connectivity index (χ0) is 17.5. The normalized spacial score (nSPS) is 11.6. The number of nitrogens with one attached hydrogen (secondary N) is 1. The number of carbonyl (C=O) groups excluding carboxylic acids is 2. The highest BCUT2D eigenvalue weighted by Crippen LogP contribution is 2.13. The molecule has 24 heavy (non-hydrogen) atoms. The van der Waals surface area contributed by atoms with Crippen molar-refractivity contribution in [3.63, 3.8) is 0 Å². The van der Waals surface area contributed by atoms with Gasteiger partial charge in [-0.25, -0.2) is 4.39 Å². The zero-order valence-corrected chi connectivity index (χ0v) is 12.7. The summed E-state index contributed by atoms with van der Waals surface area (Å²) >= 11 is 0. The fourth-order valence-corrected chi connectivity index (χ4v) is 1.96. The molecule has 0 aliphatic heterocycles. The summed E-state index contributed by atoms with van der Waals surface area (Å²) in [5, 5.41) is 12.4. The average molecular weight is 332 g/mol. The smallest absolute Gasteiger partial charge is 0.258 e. The quantitative estimate of drug-likeness (QED) is 0.708. The number of nitrogens with two attached hydrogens (primary N) is 1. The van der Waals surface area contributed by atoms with Crippen LogP contribution in [0.1, 0.15) is 22.0 Å². The molecule has 0 aliphatic carbocycles. The maximum Gasteiger partial charge on any atom is 0.258 e. The van der Waals surface area contributed by atoms with Crippen LogP contribution in [-0.2, 0) is 4.79 Å². The van der Waals surface area contributed by atoms with Gasteiger partial charge < -0.3 is 20.9 Å². The first-order chi connectivity index (χ1) is 11.5. The van der Waals surface area contributed by atoms with E-state index < -0.39 is 23.7 Å². The standard InChI is InChI=1S/C17H17FN2O4/c18-13-3-1-2-12(8-13)15(21)9-20-16(22)10-24-14-6-4-11(5-7-14)17(19)23/h1-8,15,21H,9-10H2,(H2,19,23)(H,20,22). The Balaban J connectivity index is 1.78. The van der Waals surface area contributed by atoms with Crippen molar-refractivity contribution in [1.82, 2.24) is 5.32 Å². The van der Waals surface area contributed by atoms with Gasteiger partial charge in [0.2, 0.25) is 5.91 Å². The number of benzene rings is 2. The summed E-state index contributed by atoms with van der Waals surface area (Å²) in [6.45, 7) is -0.321. The van der Waals surface area contributed by atoms with E-state index in [4.69, 9.17) is 10.5 Å². The van der Waals surface area contributed by atoms with Gasteiger partial charge in [-0.3, -0.25) is 9.59 Å². The molecule has 1 unspecified atom stereocenters. The molecule has 7 heteroatoms. The zero-order valence-electron chi connectivity index (χ0n) is 12.7. The van der Waals surface area contributed by atoms with Crippen LogP contribution in [0.15, 0.2) is 48.5 Å². The van der Waals surface area contributed by atoms with Gasteiger partial charge >= 0.3 is 0 Å². The summed E-state index contributed by atoms with van der Waals surface area (Å²) < 4.78 is 18.3. The molecule has 0 saturated carbocycles. The molecule has 0 heterocycles. The second kappa shape index (κ2) is 8.07. The predicted molar refractivity (Wildman–Crippen MR) is 84.8 cm³/mol. The number of hydrogen-bond donors (Lipinski definition) is 3. The van der Waals surface area contributed by atoms with Crippen LogP contribution in [0.3, 0.4) is 0 Å². The van der Waals surface area contributed by atoms with Crippen LogP contribution in [0.5, 0.6) is 5.75 Å². The highest BCUT2D eigenvalue weighted by molar-refractivity contribution is 5.92. The molecular formula is C17H17FN2O4. The second-order valence-corrected chi connectivity index (χ2v) is 5.05. The first-order valence-electron chi connectivity index (χ1n) is 7.18. The lowest BCUT2D eigenvalue weighted by Crippen LogP contribution is -2.32. The van der Waals surface area contributed by atoms with Gasteiger partial charge in [-0.05, 0) is 42.0 Å². The van der Waals surface area contributed by atoms with Gasteiger partial charge in [-0.1, -0.05) is 12.1 Å². The van der Waals surface area contributed by atoms with Gasteiger partial charge in [-0.2, -0.15) is 0 Å². The summed E-state index contributed by atoms with van der Waals surface area (Å²) in [6.07, 6.45) is -1.01. The fourth-order valence-electron chi connectivity index (χ4n) is 1.96. The molecule has 4 N–H and O–H groups in total. The fraction of sp³-hybridized carbons (Fsp3) is 0.176. The van der Waals surface area contributed by atoms with Crippen LogP contribution in [0, 0.1) is 5.82 Å². The molecule has 0 bridgehead atoms. The lowest BCUT2D eigenvalue weighted by molar-refractivity contribution is -0.123. The minimum Gasteiger partial charge on any atom is -0.484 e. The van der Waals surface area contributed by atoms with Crippen molar-refractivity contribution in [2.24, 2.45) is 5.73 Å². The topological polar surface area (TPSA) is 102 Å². The van der Waals surface area contributed by atoms with E-state index in [0.717, 1.165) is 0 Å². The number of ether oxygens (including phenoxy) is 1. The molecule has 126 valence electrons. The van der Waals surface area contributed by atoms with Gasteiger partial charge in [0.1, 0.15) is 11.6 Å². The molecule has 2 aromatic carbocycles. The second-order valence-electron chi connectivity index (χ2n) is 5.05. The van der Waals surface area contributed by atoms with E-state index in [2.05, 4.69) is 5.32 Å². The number of halogens is 1. The van der Waals surface area contributed by atoms with Crippen LogP contribution < -0.4 is 15.8 Å². The molecule has 0 aromatic heterocycles. The molecule has 2 aromatic rings. The summed E-state index contributed by atoms with van der Waals surface area (Å²) in [7, 11) is 0. The number of aliphatic hydroxyl groups excluding tert-OH is 1. The van der Waals surface area contributed by atoms with Crippen LogP contribution in [-0.4, -0.2) is 30.1 Å². The number of rotatable bonds is 7. The lowest BCUT2D eigenvalue weighted by atomic mass is 10.1. The van der Waals surface area contributed by atoms with Crippen molar-refractivity contribution in [3.8, 4) is 5.75 Å². The minimum atomic E-state index is -1.01. The Morgan fingerprint density at radius 1 is 1.21 bits per heavy atom. The predicted octanol–water partition coefficient (Wildman–Crippen LogP) is 1.15. The third kappa shape index (κ3) is 5.06. The van der Waals surface area contributed by atoms with E-state index in [1.54, 1.807) is 6.07 Å². The van der Waals surface area contributed by atoms with Gasteiger partial charge in [0.15, 0.2) is 6.61 Å². The van der Waals surface area contributed by atoms with Crippen molar-refractivity contribution >= 4 is 11.8 Å². The SMILES string of the molecule is NC(=O)c1ccc(OCC(=O)NCC(O)c2cccc(F)c2)cc1. The largest absolute Gasteiger partial charge is 0.484 e. The molecule has 0 spiro atoms. The van der Waals surface area contributed by atoms with Crippen molar-refractivity contribution in [2.75, 3.05) is 13.2 Å². The third-order valence-electron chi connectivity index (χ3n) is 3.23. The summed E-state index contributed by atoms with van der Waals surface area (Å²) in [4.78, 5) is 22.6. The number of amides is 2. The molecule has 1 atom stereocenters. The van der Waals surface area contributed by atoms with Crippen molar-refractivity contribution in [3.05, 3.63) is 65.5 Å². The van der Waals surface area contributed by atoms with Crippen LogP contribution in [0.25, 0.3) is 0 Å². The van der Waals surface area contributed by atoms with Crippen LogP contribution >= 0.6 is 0 Å². The summed E-state index contributed by atoms with van der Waals surface area (Å²) in [5.74, 6) is -1.04. The highest BCUT2D eigenvalue weighted by atomic mass is 19.1. The van der Waals surface area contributed by atoms with Gasteiger partial charge in [0, 0.05) is 12.1 Å². The Morgan fingerprint density at radius 2 is 1.92 bits per heavy atom. The van der Waals surface area contributed by atoms with Gasteiger partial charge in [-0.15, -0.1) is 0 Å². The van der Waals surface area contributed by atoms with Crippen LogP contribution in [0.2, 0.25) is 0 Å². The van der Waals surface area contributed by atoms with Crippen molar-refractivity contribution < 1.29 is 23.8 Å². The lowest BCUT2D eigenvalue weighted by Gasteiger charge is -2.13. The molecule has 0 radical (unpaired) electrons. The van der Waals surface area contributed by atoms with Crippen molar-refractivity contribution in [1.29, 1.82) is 0 Å². The summed E-state index contributed by atoms with van der Waals surface area (Å²) in [6, 6.07) is 11.5. The molecule has 2 amide bonds. The summed E-state index contributed by atoms with van der Waals surface area (Å²) in [5.41, 5.74) is 5.83. The van der Waals surface area contributed by atoms with E-state index in [1.807, 2.05) is 0 Å². The average Bonchev–Trinajstić information content (AvgIpc) is 2.58. The monoisotopic (exact) mass is 332 g/mol. The van der Waals surface area contributed by atoms with Gasteiger partial charge in [0.25, 0.3) is 5.91 Å². The first-order valence-corrected chi connectivity index (χ1v) is 7.18. The third-order valence-corrected chi connectivity index (χ3v) is 3.23. The highest BCUT2D eigenvalue weighted by Gasteiger charge is 2.11. The van der Waals surface area contributed by atoms with Crippen LogP contribution in [0.4, 0.5) is 4.39 Å². The maximum absolute atomic E-state index is 13.1. The van der Waals surface area contributed by atoms with E-state index >= 15 is 0 Å². The number of carbonyl (C=O) groups is 2. The molecule has 2 rings (SSSR count). The Kier molecular flexibility index (Phi) is 5.86. The number of aliphatic hydroxyl groups is 1. The van der Waals surface area contributed by atoms with E-state index in [-0.39, 0.29) is 13.2 Å². The Hall–Kier alpha value is -2.93. The van der Waals surface area contributed by atoms with Gasteiger partial charge in [0.05, 0.1) is 6.10 Å². The minimum absolute atomic E-state index is 0.0632. The maximum atomic E-state index is 13.1. The molecule has 0 aliphatic rings.